The van der Waals surface area contributed by atoms with E-state index in [1.807, 2.05) is 54.3 Å². The minimum Gasteiger partial charge on any atom is -0.465 e. The number of aliphatic hydroxyl groups is 1. The van der Waals surface area contributed by atoms with Crippen LogP contribution in [0.2, 0.25) is 0 Å². The second-order valence-electron chi connectivity index (χ2n) is 12.9. The molecule has 2 aromatic carbocycles. The largest absolute Gasteiger partial charge is 0.465 e. The number of β-amino-alcohol motifs (C(OH)–C–C–N with tert-alkyl or cyclic N) is 1. The second kappa shape index (κ2) is 11.8. The molecule has 2 aromatic heterocycles. The predicted octanol–water partition coefficient (Wildman–Crippen LogP) is 5.32. The summed E-state index contributed by atoms with van der Waals surface area (Å²) >= 11 is 0. The lowest BCUT2D eigenvalue weighted by atomic mass is 9.94. The molecular formula is C34H39FN6O4. The Balaban J connectivity index is 1.30. The van der Waals surface area contributed by atoms with Gasteiger partial charge in [-0.15, -0.1) is 0 Å². The van der Waals surface area contributed by atoms with Gasteiger partial charge in [-0.1, -0.05) is 24.3 Å². The Morgan fingerprint density at radius 1 is 1.16 bits per heavy atom. The maximum atomic E-state index is 14.5. The van der Waals surface area contributed by atoms with Crippen LogP contribution in [0.1, 0.15) is 49.6 Å². The van der Waals surface area contributed by atoms with Crippen LogP contribution in [0, 0.1) is 6.92 Å². The number of nitrogens with zero attached hydrogens (tertiary/aromatic N) is 6. The Kier molecular flexibility index (Phi) is 7.79. The van der Waals surface area contributed by atoms with E-state index in [2.05, 4.69) is 9.88 Å². The summed E-state index contributed by atoms with van der Waals surface area (Å²) in [6.07, 6.45) is 2.35. The zero-order chi connectivity index (χ0) is 31.3. The second-order valence-corrected chi connectivity index (χ2v) is 12.9. The van der Waals surface area contributed by atoms with Crippen molar-refractivity contribution in [3.05, 3.63) is 59.9 Å². The molecule has 3 aliphatic heterocycles. The molecule has 45 heavy (non-hydrogen) atoms. The number of benzene rings is 2. The molecule has 0 saturated carbocycles. The summed E-state index contributed by atoms with van der Waals surface area (Å²) in [5, 5.41) is 23.0. The molecule has 4 aromatic rings. The SMILES string of the molecule is Cc1nc(-c2cc(C(OC[C@@]34CCCN3C[C@H](F)C4)N(C)C(=O)O)cc3ccccc23)cc2nc(N3CCC[C@@H](O)C3)ncc12. The first-order valence-electron chi connectivity index (χ1n) is 15.8. The summed E-state index contributed by atoms with van der Waals surface area (Å²) in [4.78, 5) is 32.1. The third-order valence-corrected chi connectivity index (χ3v) is 9.81. The van der Waals surface area contributed by atoms with Crippen LogP contribution in [-0.4, -0.2) is 98.7 Å². The standard InChI is InChI=1S/C34H39FN6O4/c1-21-28-17-36-32(40-11-5-8-25(42)19-40)38-30(28)15-29(37-21)27-14-23(13-22-7-3-4-9-26(22)27)31(39(2)33(43)44)45-20-34-10-6-12-41(34)18-24(35)16-34/h3-4,7,9,13-15,17,24-25,31,42H,5-6,8,10-12,16,18-20H2,1-2H3,(H,43,44)/t24-,25-,31?,34+/m1/s1. The number of alkyl halides is 1. The number of amides is 1. The van der Waals surface area contributed by atoms with Crippen LogP contribution in [-0.2, 0) is 4.74 Å². The summed E-state index contributed by atoms with van der Waals surface area (Å²) in [6, 6.07) is 13.8. The highest BCUT2D eigenvalue weighted by Gasteiger charge is 2.49. The topological polar surface area (TPSA) is 115 Å². The van der Waals surface area contributed by atoms with Gasteiger partial charge in [0.25, 0.3) is 0 Å². The molecule has 236 valence electrons. The number of halogens is 1. The first-order valence-corrected chi connectivity index (χ1v) is 15.8. The van der Waals surface area contributed by atoms with Gasteiger partial charge in [-0.2, -0.15) is 0 Å². The van der Waals surface area contributed by atoms with Crippen LogP contribution in [0.25, 0.3) is 32.9 Å². The molecule has 2 N–H and O–H groups in total. The molecule has 0 spiro atoms. The molecule has 0 radical (unpaired) electrons. The number of piperidine rings is 1. The van der Waals surface area contributed by atoms with Gasteiger partial charge in [-0.05, 0) is 68.1 Å². The molecule has 4 atom stereocenters. The fourth-order valence-electron chi connectivity index (χ4n) is 7.51. The van der Waals surface area contributed by atoms with Crippen molar-refractivity contribution < 1.29 is 24.1 Å². The van der Waals surface area contributed by atoms with Crippen molar-refractivity contribution in [1.82, 2.24) is 24.8 Å². The Hall–Kier alpha value is -3.93. The van der Waals surface area contributed by atoms with Gasteiger partial charge in [-0.3, -0.25) is 14.8 Å². The Morgan fingerprint density at radius 3 is 2.82 bits per heavy atom. The molecule has 3 saturated heterocycles. The quantitative estimate of drug-likeness (QED) is 0.267. The van der Waals surface area contributed by atoms with Crippen molar-refractivity contribution in [3.8, 4) is 11.3 Å². The van der Waals surface area contributed by atoms with E-state index in [0.29, 0.717) is 36.7 Å². The highest BCUT2D eigenvalue weighted by Crippen LogP contribution is 2.42. The maximum absolute atomic E-state index is 14.5. The van der Waals surface area contributed by atoms with Gasteiger partial charge in [0.2, 0.25) is 5.95 Å². The van der Waals surface area contributed by atoms with Gasteiger partial charge in [0, 0.05) is 67.0 Å². The van der Waals surface area contributed by atoms with Crippen LogP contribution in [0.3, 0.4) is 0 Å². The van der Waals surface area contributed by atoms with Crippen molar-refractivity contribution in [3.63, 3.8) is 0 Å². The fourth-order valence-corrected chi connectivity index (χ4v) is 7.51. The minimum atomic E-state index is -1.11. The van der Waals surface area contributed by atoms with Gasteiger partial charge in [0.05, 0.1) is 23.9 Å². The number of aliphatic hydroxyl groups excluding tert-OH is 1. The van der Waals surface area contributed by atoms with E-state index in [-0.39, 0.29) is 6.61 Å². The van der Waals surface area contributed by atoms with Crippen molar-refractivity contribution >= 4 is 33.7 Å². The van der Waals surface area contributed by atoms with E-state index in [1.165, 1.54) is 11.9 Å². The monoisotopic (exact) mass is 614 g/mol. The first-order chi connectivity index (χ1) is 21.7. The van der Waals surface area contributed by atoms with Crippen LogP contribution in [0.15, 0.2) is 48.7 Å². The molecule has 7 rings (SSSR count). The average Bonchev–Trinajstić information content (AvgIpc) is 3.55. The number of rotatable bonds is 7. The van der Waals surface area contributed by atoms with Crippen molar-refractivity contribution in [2.24, 2.45) is 0 Å². The molecular weight excluding hydrogens is 575 g/mol. The number of fused-ring (bicyclic) bond motifs is 3. The number of hydrogen-bond donors (Lipinski definition) is 2. The summed E-state index contributed by atoms with van der Waals surface area (Å²) in [5.41, 5.74) is 3.33. The maximum Gasteiger partial charge on any atom is 0.409 e. The molecule has 10 nitrogen and oxygen atoms in total. The lowest BCUT2D eigenvalue weighted by Crippen LogP contribution is -2.44. The van der Waals surface area contributed by atoms with Gasteiger partial charge < -0.3 is 19.8 Å². The molecule has 3 aliphatic rings. The van der Waals surface area contributed by atoms with Gasteiger partial charge in [0.1, 0.15) is 6.17 Å². The van der Waals surface area contributed by atoms with E-state index < -0.39 is 30.1 Å². The Bertz CT molecular complexity index is 1760. The lowest BCUT2D eigenvalue weighted by Gasteiger charge is -2.35. The summed E-state index contributed by atoms with van der Waals surface area (Å²) < 4.78 is 21.0. The average molecular weight is 615 g/mol. The van der Waals surface area contributed by atoms with E-state index in [1.54, 1.807) is 6.20 Å². The summed E-state index contributed by atoms with van der Waals surface area (Å²) in [6.45, 7) is 4.70. The van der Waals surface area contributed by atoms with E-state index in [4.69, 9.17) is 14.7 Å². The number of anilines is 1. The van der Waals surface area contributed by atoms with Crippen molar-refractivity contribution in [1.29, 1.82) is 0 Å². The predicted molar refractivity (Wildman–Crippen MR) is 170 cm³/mol. The van der Waals surface area contributed by atoms with Gasteiger partial charge >= 0.3 is 6.09 Å². The minimum absolute atomic E-state index is 0.246. The first kappa shape index (κ1) is 29.8. The highest BCUT2D eigenvalue weighted by molar-refractivity contribution is 5.98. The highest BCUT2D eigenvalue weighted by atomic mass is 19.1. The van der Waals surface area contributed by atoms with Crippen LogP contribution in [0.4, 0.5) is 15.1 Å². The molecule has 0 bridgehead atoms. The summed E-state index contributed by atoms with van der Waals surface area (Å²) in [5.74, 6) is 0.579. The molecule has 1 amide bonds. The number of carbonyl (C=O) groups is 1. The van der Waals surface area contributed by atoms with E-state index in [9.17, 15) is 19.4 Å². The third-order valence-electron chi connectivity index (χ3n) is 9.81. The van der Waals surface area contributed by atoms with Gasteiger partial charge in [-0.25, -0.2) is 19.2 Å². The van der Waals surface area contributed by atoms with Crippen LogP contribution < -0.4 is 4.90 Å². The van der Waals surface area contributed by atoms with Crippen LogP contribution in [0.5, 0.6) is 0 Å². The number of carboxylic acid groups (broad SMARTS) is 1. The van der Waals surface area contributed by atoms with Crippen molar-refractivity contribution in [2.75, 3.05) is 44.7 Å². The Labute approximate surface area is 261 Å². The Morgan fingerprint density at radius 2 is 2.00 bits per heavy atom. The molecule has 0 aliphatic carbocycles. The normalized spacial score (nSPS) is 24.3. The fraction of sp³-hybridized carbons (Fsp3) is 0.471. The summed E-state index contributed by atoms with van der Waals surface area (Å²) in [7, 11) is 1.51. The molecule has 11 heteroatoms. The zero-order valence-corrected chi connectivity index (χ0v) is 25.7. The smallest absolute Gasteiger partial charge is 0.409 e. The lowest BCUT2D eigenvalue weighted by molar-refractivity contribution is -0.0747. The number of aryl methyl sites for hydroxylation is 1. The number of ether oxygens (including phenoxy) is 1. The van der Waals surface area contributed by atoms with Crippen molar-refractivity contribution in [2.45, 2.75) is 63.1 Å². The molecule has 5 heterocycles. The van der Waals surface area contributed by atoms with E-state index >= 15 is 0 Å². The van der Waals surface area contributed by atoms with Crippen LogP contribution >= 0.6 is 0 Å². The van der Waals surface area contributed by atoms with Gasteiger partial charge in [0.15, 0.2) is 6.23 Å². The van der Waals surface area contributed by atoms with E-state index in [0.717, 1.165) is 71.7 Å². The third kappa shape index (κ3) is 5.57. The molecule has 3 fully saturated rings. The number of hydrogen-bond acceptors (Lipinski definition) is 8. The zero-order valence-electron chi connectivity index (χ0n) is 25.7. The number of pyridine rings is 1. The number of aromatic nitrogens is 3. The molecule has 1 unspecified atom stereocenters.